The second kappa shape index (κ2) is 6.76. The molecular formula is C13H11N9O4. The van der Waals surface area contributed by atoms with E-state index >= 15 is 0 Å². The minimum Gasteiger partial charge on any atom is -0.378 e. The summed E-state index contributed by atoms with van der Waals surface area (Å²) in [6.45, 7) is 1.57. The summed E-state index contributed by atoms with van der Waals surface area (Å²) in [6.07, 6.45) is 1.33. The van der Waals surface area contributed by atoms with E-state index < -0.39 is 10.8 Å². The summed E-state index contributed by atoms with van der Waals surface area (Å²) in [5.74, 6) is -0.651. The molecule has 132 valence electrons. The molecule has 3 aromatic rings. The number of nitrogens with two attached hydrogens (primary N) is 1. The van der Waals surface area contributed by atoms with Crippen molar-refractivity contribution >= 4 is 23.6 Å². The van der Waals surface area contributed by atoms with E-state index in [1.54, 1.807) is 6.92 Å². The van der Waals surface area contributed by atoms with Gasteiger partial charge in [0.15, 0.2) is 5.69 Å². The number of benzene rings is 1. The van der Waals surface area contributed by atoms with Gasteiger partial charge >= 0.3 is 0 Å². The summed E-state index contributed by atoms with van der Waals surface area (Å²) in [5.41, 5.74) is 8.78. The second-order valence-corrected chi connectivity index (χ2v) is 4.96. The van der Waals surface area contributed by atoms with Crippen molar-refractivity contribution in [3.63, 3.8) is 0 Å². The lowest BCUT2D eigenvalue weighted by atomic mass is 10.2. The maximum atomic E-state index is 12.4. The summed E-state index contributed by atoms with van der Waals surface area (Å²) >= 11 is 0. The minimum absolute atomic E-state index is 0.0232. The Bertz CT molecular complexity index is 989. The second-order valence-electron chi connectivity index (χ2n) is 4.96. The molecule has 0 unspecified atom stereocenters. The van der Waals surface area contributed by atoms with Crippen LogP contribution in [-0.2, 0) is 0 Å². The molecule has 0 radical (unpaired) electrons. The maximum Gasteiger partial charge on any atom is 0.292 e. The first-order valence-corrected chi connectivity index (χ1v) is 7.06. The van der Waals surface area contributed by atoms with Crippen molar-refractivity contribution in [2.45, 2.75) is 6.92 Å². The number of aromatic nitrogens is 5. The topological polar surface area (TPSA) is 180 Å². The zero-order valence-corrected chi connectivity index (χ0v) is 13.2. The lowest BCUT2D eigenvalue weighted by Gasteiger charge is -2.02. The average Bonchev–Trinajstić information content (AvgIpc) is 3.20. The highest BCUT2D eigenvalue weighted by atomic mass is 16.6. The number of nitro groups is 1. The van der Waals surface area contributed by atoms with Crippen LogP contribution in [0.3, 0.4) is 0 Å². The monoisotopic (exact) mass is 357 g/mol. The van der Waals surface area contributed by atoms with Crippen molar-refractivity contribution in [3.8, 4) is 5.82 Å². The van der Waals surface area contributed by atoms with Gasteiger partial charge in [0.2, 0.25) is 11.6 Å². The summed E-state index contributed by atoms with van der Waals surface area (Å²) in [4.78, 5) is 22.5. The fourth-order valence-corrected chi connectivity index (χ4v) is 2.00. The molecule has 0 atom stereocenters. The van der Waals surface area contributed by atoms with Crippen LogP contribution in [-0.4, -0.2) is 42.4 Å². The van der Waals surface area contributed by atoms with Crippen LogP contribution in [0.1, 0.15) is 21.7 Å². The summed E-state index contributed by atoms with van der Waals surface area (Å²) in [5, 5.41) is 29.0. The van der Waals surface area contributed by atoms with Gasteiger partial charge in [-0.2, -0.15) is 9.78 Å². The van der Waals surface area contributed by atoms with E-state index in [-0.39, 0.29) is 23.0 Å². The Hall–Kier alpha value is -4.16. The van der Waals surface area contributed by atoms with Crippen LogP contribution in [0.5, 0.6) is 0 Å². The Labute approximate surface area is 144 Å². The number of nitro benzene ring substituents is 1. The SMILES string of the molecule is Cc1nnn(-c2nonc2N)c1C(=O)NN=Cc1ccc([N+](=O)[O-])cc1. The van der Waals surface area contributed by atoms with E-state index in [1.807, 2.05) is 0 Å². The van der Waals surface area contributed by atoms with Crippen LogP contribution in [0.2, 0.25) is 0 Å². The molecule has 0 aliphatic carbocycles. The van der Waals surface area contributed by atoms with Gasteiger partial charge in [-0.15, -0.1) is 5.10 Å². The predicted molar refractivity (Wildman–Crippen MR) is 86.5 cm³/mol. The third-order valence-electron chi connectivity index (χ3n) is 3.23. The van der Waals surface area contributed by atoms with Crippen molar-refractivity contribution in [2.24, 2.45) is 5.10 Å². The number of nitrogen functional groups attached to an aromatic ring is 1. The first kappa shape index (κ1) is 16.7. The third-order valence-corrected chi connectivity index (χ3v) is 3.23. The molecule has 26 heavy (non-hydrogen) atoms. The van der Waals surface area contributed by atoms with Crippen molar-refractivity contribution in [2.75, 3.05) is 5.73 Å². The fourth-order valence-electron chi connectivity index (χ4n) is 2.00. The van der Waals surface area contributed by atoms with Gasteiger partial charge in [-0.3, -0.25) is 14.9 Å². The highest BCUT2D eigenvalue weighted by molar-refractivity contribution is 5.94. The number of hydrogen-bond donors (Lipinski definition) is 2. The van der Waals surface area contributed by atoms with Crippen molar-refractivity contribution in [1.29, 1.82) is 0 Å². The molecular weight excluding hydrogens is 346 g/mol. The van der Waals surface area contributed by atoms with Gasteiger partial charge in [-0.05, 0) is 34.9 Å². The molecule has 0 bridgehead atoms. The van der Waals surface area contributed by atoms with Gasteiger partial charge < -0.3 is 5.73 Å². The predicted octanol–water partition coefficient (Wildman–Crippen LogP) is 0.213. The highest BCUT2D eigenvalue weighted by Crippen LogP contribution is 2.15. The van der Waals surface area contributed by atoms with Crippen LogP contribution >= 0.6 is 0 Å². The number of rotatable bonds is 5. The highest BCUT2D eigenvalue weighted by Gasteiger charge is 2.22. The number of hydrogen-bond acceptors (Lipinski definition) is 10. The smallest absolute Gasteiger partial charge is 0.292 e. The molecule has 13 nitrogen and oxygen atoms in total. The first-order chi connectivity index (χ1) is 12.5. The summed E-state index contributed by atoms with van der Waals surface area (Å²) in [7, 11) is 0. The van der Waals surface area contributed by atoms with E-state index in [2.05, 4.69) is 35.8 Å². The Morgan fingerprint density at radius 3 is 2.73 bits per heavy atom. The molecule has 0 aliphatic rings. The number of nitrogens with zero attached hydrogens (tertiary/aromatic N) is 7. The van der Waals surface area contributed by atoms with Crippen molar-refractivity contribution in [3.05, 3.63) is 51.3 Å². The fraction of sp³-hybridized carbons (Fsp3) is 0.0769. The quantitative estimate of drug-likeness (QED) is 0.366. The van der Waals surface area contributed by atoms with Crippen LogP contribution in [0.15, 0.2) is 34.0 Å². The van der Waals surface area contributed by atoms with E-state index in [4.69, 9.17) is 5.73 Å². The molecule has 2 heterocycles. The standard InChI is InChI=1S/C13H11N9O4/c1-7-10(21(20-16-7)12-11(14)18-26-19-12)13(23)17-15-6-8-2-4-9(5-3-8)22(24)25/h2-6H,1H3,(H2,14,18)(H,17,23). The lowest BCUT2D eigenvalue weighted by Crippen LogP contribution is -2.22. The molecule has 1 amide bonds. The van der Waals surface area contributed by atoms with Gasteiger partial charge in [-0.25, -0.2) is 10.1 Å². The molecule has 13 heteroatoms. The van der Waals surface area contributed by atoms with Gasteiger partial charge in [0.25, 0.3) is 11.6 Å². The van der Waals surface area contributed by atoms with E-state index in [0.717, 1.165) is 4.68 Å². The largest absolute Gasteiger partial charge is 0.378 e. The van der Waals surface area contributed by atoms with Gasteiger partial charge in [0.1, 0.15) is 0 Å². The Morgan fingerprint density at radius 2 is 2.12 bits per heavy atom. The van der Waals surface area contributed by atoms with Crippen LogP contribution in [0, 0.1) is 17.0 Å². The number of carbonyl (C=O) groups excluding carboxylic acids is 1. The Kier molecular flexibility index (Phi) is 4.34. The van der Waals surface area contributed by atoms with Gasteiger partial charge in [-0.1, -0.05) is 5.21 Å². The molecule has 3 N–H and O–H groups in total. The first-order valence-electron chi connectivity index (χ1n) is 7.06. The maximum absolute atomic E-state index is 12.4. The molecule has 3 rings (SSSR count). The molecule has 0 saturated carbocycles. The number of nitrogens with one attached hydrogen (secondary N) is 1. The number of amides is 1. The van der Waals surface area contributed by atoms with Gasteiger partial charge in [0.05, 0.1) is 16.8 Å². The van der Waals surface area contributed by atoms with Crippen molar-refractivity contribution < 1.29 is 14.3 Å². The number of aryl methyl sites for hydroxylation is 1. The molecule has 0 aliphatic heterocycles. The molecule has 2 aromatic heterocycles. The van der Waals surface area contributed by atoms with Crippen LogP contribution < -0.4 is 11.2 Å². The zero-order valence-electron chi connectivity index (χ0n) is 13.2. The third kappa shape index (κ3) is 3.21. The zero-order chi connectivity index (χ0) is 18.7. The van der Waals surface area contributed by atoms with E-state index in [0.29, 0.717) is 11.3 Å². The van der Waals surface area contributed by atoms with Gasteiger partial charge in [0, 0.05) is 12.1 Å². The molecule has 1 aromatic carbocycles. The van der Waals surface area contributed by atoms with E-state index in [9.17, 15) is 14.9 Å². The Balaban J connectivity index is 1.76. The van der Waals surface area contributed by atoms with Crippen molar-refractivity contribution in [1.82, 2.24) is 30.7 Å². The number of hydrazone groups is 1. The summed E-state index contributed by atoms with van der Waals surface area (Å²) in [6, 6.07) is 5.64. The average molecular weight is 357 g/mol. The minimum atomic E-state index is -0.618. The number of anilines is 1. The summed E-state index contributed by atoms with van der Waals surface area (Å²) < 4.78 is 5.57. The molecule has 0 saturated heterocycles. The Morgan fingerprint density at radius 1 is 1.38 bits per heavy atom. The van der Waals surface area contributed by atoms with Crippen LogP contribution in [0.25, 0.3) is 5.82 Å². The van der Waals surface area contributed by atoms with Crippen LogP contribution in [0.4, 0.5) is 11.5 Å². The molecule has 0 spiro atoms. The number of non-ortho nitro benzene ring substituents is 1. The lowest BCUT2D eigenvalue weighted by molar-refractivity contribution is -0.384. The number of carbonyl (C=O) groups is 1. The van der Waals surface area contributed by atoms with E-state index in [1.165, 1.54) is 30.5 Å². The normalized spacial score (nSPS) is 11.0. The molecule has 0 fully saturated rings.